The van der Waals surface area contributed by atoms with E-state index in [1.165, 1.54) is 22.8 Å². The Labute approximate surface area is 191 Å². The van der Waals surface area contributed by atoms with Crippen molar-refractivity contribution in [1.29, 1.82) is 0 Å². The summed E-state index contributed by atoms with van der Waals surface area (Å²) in [6.45, 7) is 2.13. The summed E-state index contributed by atoms with van der Waals surface area (Å²) >= 11 is 3.52. The molecule has 0 bridgehead atoms. The summed E-state index contributed by atoms with van der Waals surface area (Å²) in [5.41, 5.74) is 4.49. The molecule has 31 heavy (non-hydrogen) atoms. The largest absolute Gasteiger partial charge is 0.463 e. The molecule has 4 rings (SSSR count). The zero-order valence-corrected chi connectivity index (χ0v) is 18.8. The van der Waals surface area contributed by atoms with Crippen LogP contribution in [0.1, 0.15) is 30.4 Å². The number of carbonyl (C=O) groups is 1. The van der Waals surface area contributed by atoms with Crippen molar-refractivity contribution < 1.29 is 14.3 Å². The maximum Gasteiger partial charge on any atom is 0.334 e. The number of hydrogen-bond donors (Lipinski definition) is 0. The minimum Gasteiger partial charge on any atom is -0.463 e. The highest BCUT2D eigenvalue weighted by Gasteiger charge is 2.23. The van der Waals surface area contributed by atoms with Crippen molar-refractivity contribution in [1.82, 2.24) is 0 Å². The summed E-state index contributed by atoms with van der Waals surface area (Å²) in [6.07, 6.45) is 4.18. The van der Waals surface area contributed by atoms with Gasteiger partial charge in [-0.3, -0.25) is 0 Å². The minimum atomic E-state index is -0.383. The maximum absolute atomic E-state index is 12.0. The van der Waals surface area contributed by atoms with E-state index in [0.29, 0.717) is 18.8 Å². The molecule has 3 aromatic rings. The van der Waals surface area contributed by atoms with Crippen molar-refractivity contribution >= 4 is 27.7 Å². The topological polar surface area (TPSA) is 35.5 Å². The first-order chi connectivity index (χ1) is 15.1. The lowest BCUT2D eigenvalue weighted by atomic mass is 9.90. The van der Waals surface area contributed by atoms with Crippen LogP contribution in [0.25, 0.3) is 16.9 Å². The molecule has 0 aromatic heterocycles. The molecule has 0 fully saturated rings. The molecule has 0 aliphatic carbocycles. The van der Waals surface area contributed by atoms with Gasteiger partial charge in [0.05, 0.1) is 12.7 Å². The molecular weight excluding hydrogens is 452 g/mol. The van der Waals surface area contributed by atoms with Crippen molar-refractivity contribution in [2.45, 2.75) is 19.3 Å². The van der Waals surface area contributed by atoms with Crippen molar-refractivity contribution in [2.75, 3.05) is 6.61 Å². The lowest BCUT2D eigenvalue weighted by Crippen LogP contribution is -2.11. The van der Waals surface area contributed by atoms with Crippen LogP contribution >= 0.6 is 15.9 Å². The molecular formula is C27H23BrO3. The Kier molecular flexibility index (Phi) is 6.68. The number of halogens is 1. The summed E-state index contributed by atoms with van der Waals surface area (Å²) in [6, 6.07) is 26.8. The monoisotopic (exact) mass is 474 g/mol. The molecule has 0 saturated carbocycles. The zero-order valence-electron chi connectivity index (χ0n) is 17.3. The SMILES string of the molecule is CCOC(=O)/C=C1/C[C@H](c2ccc(-c3ccccc3)cc2)C=C(c2cccc(Br)c2)O1. The lowest BCUT2D eigenvalue weighted by Gasteiger charge is -2.25. The van der Waals surface area contributed by atoms with Crippen molar-refractivity contribution in [3.8, 4) is 11.1 Å². The third-order valence-electron chi connectivity index (χ3n) is 5.14. The summed E-state index contributed by atoms with van der Waals surface area (Å²) < 4.78 is 12.1. The minimum absolute atomic E-state index is 0.0910. The summed E-state index contributed by atoms with van der Waals surface area (Å²) in [7, 11) is 0. The zero-order chi connectivity index (χ0) is 21.6. The van der Waals surface area contributed by atoms with E-state index >= 15 is 0 Å². The molecule has 3 aromatic carbocycles. The number of rotatable bonds is 5. The van der Waals surface area contributed by atoms with Crippen LogP contribution in [0, 0.1) is 0 Å². The van der Waals surface area contributed by atoms with Gasteiger partial charge >= 0.3 is 5.97 Å². The number of benzene rings is 3. The average Bonchev–Trinajstić information content (AvgIpc) is 2.80. The Morgan fingerprint density at radius 1 is 1.00 bits per heavy atom. The first kappa shape index (κ1) is 21.1. The van der Waals surface area contributed by atoms with Gasteiger partial charge in [-0.15, -0.1) is 0 Å². The van der Waals surface area contributed by atoms with Gasteiger partial charge in [-0.2, -0.15) is 0 Å². The maximum atomic E-state index is 12.0. The molecule has 4 heteroatoms. The van der Waals surface area contributed by atoms with Gasteiger partial charge in [0.15, 0.2) is 0 Å². The van der Waals surface area contributed by atoms with Crippen LogP contribution in [0.2, 0.25) is 0 Å². The van der Waals surface area contributed by atoms with Gasteiger partial charge in [0.25, 0.3) is 0 Å². The van der Waals surface area contributed by atoms with Crippen LogP contribution in [-0.2, 0) is 14.3 Å². The number of allylic oxidation sites excluding steroid dienone is 2. The fourth-order valence-corrected chi connectivity index (χ4v) is 4.04. The van der Waals surface area contributed by atoms with E-state index in [4.69, 9.17) is 9.47 Å². The van der Waals surface area contributed by atoms with E-state index in [-0.39, 0.29) is 11.9 Å². The summed E-state index contributed by atoms with van der Waals surface area (Å²) in [4.78, 5) is 12.0. The summed E-state index contributed by atoms with van der Waals surface area (Å²) in [5, 5.41) is 0. The van der Waals surface area contributed by atoms with Gasteiger partial charge in [-0.25, -0.2) is 4.79 Å². The first-order valence-corrected chi connectivity index (χ1v) is 11.1. The van der Waals surface area contributed by atoms with E-state index < -0.39 is 0 Å². The molecule has 0 N–H and O–H groups in total. The Morgan fingerprint density at radius 3 is 2.42 bits per heavy atom. The second kappa shape index (κ2) is 9.80. The van der Waals surface area contributed by atoms with Crippen molar-refractivity contribution in [3.63, 3.8) is 0 Å². The van der Waals surface area contributed by atoms with E-state index in [1.54, 1.807) is 6.92 Å². The van der Waals surface area contributed by atoms with Crippen LogP contribution < -0.4 is 0 Å². The molecule has 1 heterocycles. The van der Waals surface area contributed by atoms with E-state index in [0.717, 1.165) is 15.8 Å². The number of hydrogen-bond acceptors (Lipinski definition) is 3. The average molecular weight is 475 g/mol. The quantitative estimate of drug-likeness (QED) is 0.292. The van der Waals surface area contributed by atoms with Crippen LogP contribution in [0.4, 0.5) is 0 Å². The molecule has 0 radical (unpaired) electrons. The van der Waals surface area contributed by atoms with Gasteiger partial charge in [-0.05, 0) is 41.8 Å². The van der Waals surface area contributed by atoms with E-state index in [2.05, 4.69) is 58.4 Å². The molecule has 0 unspecified atom stereocenters. The fraction of sp³-hybridized carbons (Fsp3) is 0.148. The predicted octanol–water partition coefficient (Wildman–Crippen LogP) is 7.11. The molecule has 1 aliphatic heterocycles. The lowest BCUT2D eigenvalue weighted by molar-refractivity contribution is -0.137. The fourth-order valence-electron chi connectivity index (χ4n) is 3.64. The van der Waals surface area contributed by atoms with Gasteiger partial charge < -0.3 is 9.47 Å². The highest BCUT2D eigenvalue weighted by molar-refractivity contribution is 9.10. The standard InChI is InChI=1S/C27H23BrO3/c1-2-30-27(29)18-25-16-23(17-26(31-25)22-9-6-10-24(28)15-22)21-13-11-20(12-14-21)19-7-4-3-5-8-19/h3-15,17-18,23H,2,16H2,1H3/b25-18-/t23-/m0/s1. The number of carbonyl (C=O) groups excluding carboxylic acids is 1. The Morgan fingerprint density at radius 2 is 1.71 bits per heavy atom. The second-order valence-electron chi connectivity index (χ2n) is 7.30. The molecule has 1 aliphatic rings. The Hall–Kier alpha value is -3.11. The summed E-state index contributed by atoms with van der Waals surface area (Å²) in [5.74, 6) is 1.05. The number of ether oxygens (including phenoxy) is 2. The molecule has 0 amide bonds. The normalized spacial score (nSPS) is 17.0. The third-order valence-corrected chi connectivity index (χ3v) is 5.63. The predicted molar refractivity (Wildman–Crippen MR) is 127 cm³/mol. The highest BCUT2D eigenvalue weighted by Crippen LogP contribution is 2.37. The molecule has 1 atom stereocenters. The van der Waals surface area contributed by atoms with Crippen LogP contribution in [0.3, 0.4) is 0 Å². The van der Waals surface area contributed by atoms with Gasteiger partial charge in [0.1, 0.15) is 11.5 Å². The Bertz CT molecular complexity index is 1110. The molecule has 156 valence electrons. The molecule has 3 nitrogen and oxygen atoms in total. The van der Waals surface area contributed by atoms with Gasteiger partial charge in [0.2, 0.25) is 0 Å². The van der Waals surface area contributed by atoms with Gasteiger partial charge in [0, 0.05) is 22.4 Å². The smallest absolute Gasteiger partial charge is 0.334 e. The Balaban J connectivity index is 1.67. The number of esters is 1. The molecule has 0 saturated heterocycles. The molecule has 0 spiro atoms. The van der Waals surface area contributed by atoms with Crippen LogP contribution in [0.5, 0.6) is 0 Å². The van der Waals surface area contributed by atoms with Crippen molar-refractivity contribution in [3.05, 3.63) is 112 Å². The van der Waals surface area contributed by atoms with Crippen LogP contribution in [-0.4, -0.2) is 12.6 Å². The van der Waals surface area contributed by atoms with Crippen LogP contribution in [0.15, 0.2) is 101 Å². The van der Waals surface area contributed by atoms with E-state index in [9.17, 15) is 4.79 Å². The van der Waals surface area contributed by atoms with E-state index in [1.807, 2.05) is 42.5 Å². The first-order valence-electron chi connectivity index (χ1n) is 10.3. The second-order valence-corrected chi connectivity index (χ2v) is 8.22. The van der Waals surface area contributed by atoms with Crippen molar-refractivity contribution in [2.24, 2.45) is 0 Å². The third kappa shape index (κ3) is 5.33. The highest BCUT2D eigenvalue weighted by atomic mass is 79.9. The van der Waals surface area contributed by atoms with Gasteiger partial charge in [-0.1, -0.05) is 82.7 Å².